The molecule has 23 heteroatoms. The number of carbonyl (C=O) groups excluding carboxylic acids is 6. The molecule has 2 atom stereocenters. The van der Waals surface area contributed by atoms with Gasteiger partial charge in [-0.1, -0.05) is 5.16 Å². The number of halogens is 1. The maximum absolute atomic E-state index is 13.5. The number of thiazole rings is 1. The van der Waals surface area contributed by atoms with Crippen LogP contribution < -0.4 is 10.6 Å². The lowest BCUT2D eigenvalue weighted by Crippen LogP contribution is -2.77. The largest absolute Gasteiger partial charge is 0.458 e. The highest BCUT2D eigenvalue weighted by Gasteiger charge is 2.60. The standard InChI is InChI=1S/C25H24ClN7O13S2/c1-25(2,23(39)45-10-12-3-5-13(6-4-12)33(40)41)46-30-18(14-11-47-24(27-14)28-15(34)9-26)20(37)29-19-21(31-16(35)7-8-17(31)36)32(22(19)38)48(42,43)44/h3-6,11,19,21H,7-10H2,1-2H3,(H,29,37)(H,27,28,34)(H,42,43,44)/b30-18-/t19-,21-/m0/s1. The van der Waals surface area contributed by atoms with Gasteiger partial charge in [0, 0.05) is 30.4 Å². The van der Waals surface area contributed by atoms with Crippen molar-refractivity contribution in [1.29, 1.82) is 0 Å². The zero-order valence-corrected chi connectivity index (χ0v) is 27.0. The number of β-lactam (4-membered cyclic amide) rings is 1. The van der Waals surface area contributed by atoms with Crippen molar-refractivity contribution in [2.75, 3.05) is 11.2 Å². The van der Waals surface area contributed by atoms with Gasteiger partial charge in [0.2, 0.25) is 23.3 Å². The fraction of sp³-hybridized carbons (Fsp3) is 0.360. The van der Waals surface area contributed by atoms with Crippen LogP contribution in [0.4, 0.5) is 10.8 Å². The van der Waals surface area contributed by atoms with Gasteiger partial charge in [-0.2, -0.15) is 12.7 Å². The number of hydrogen-bond acceptors (Lipinski definition) is 15. The number of esters is 1. The summed E-state index contributed by atoms with van der Waals surface area (Å²) in [5.74, 6) is -6.48. The Morgan fingerprint density at radius 2 is 1.81 bits per heavy atom. The van der Waals surface area contributed by atoms with E-state index in [9.17, 15) is 51.9 Å². The van der Waals surface area contributed by atoms with E-state index in [0.29, 0.717) is 10.5 Å². The van der Waals surface area contributed by atoms with Gasteiger partial charge in [-0.05, 0) is 31.5 Å². The molecule has 2 aromatic rings. The van der Waals surface area contributed by atoms with E-state index in [1.165, 1.54) is 43.5 Å². The van der Waals surface area contributed by atoms with Crippen molar-refractivity contribution in [3.63, 3.8) is 0 Å². The second-order valence-electron chi connectivity index (χ2n) is 10.4. The number of benzene rings is 1. The number of nitro groups is 1. The Morgan fingerprint density at radius 3 is 2.38 bits per heavy atom. The topological polar surface area (TPSA) is 274 Å². The Hall–Kier alpha value is -5.06. The summed E-state index contributed by atoms with van der Waals surface area (Å²) in [4.78, 5) is 95.7. The van der Waals surface area contributed by atoms with Crippen molar-refractivity contribution < 1.29 is 56.2 Å². The Labute approximate surface area is 279 Å². The number of imide groups is 1. The molecule has 2 fully saturated rings. The summed E-state index contributed by atoms with van der Waals surface area (Å²) in [5, 5.41) is 20.3. The molecule has 0 bridgehead atoms. The first-order valence-electron chi connectivity index (χ1n) is 13.4. The lowest BCUT2D eigenvalue weighted by Gasteiger charge is -2.47. The number of alkyl halides is 1. The van der Waals surface area contributed by atoms with Gasteiger partial charge < -0.3 is 20.2 Å². The van der Waals surface area contributed by atoms with Gasteiger partial charge in [0.15, 0.2) is 23.1 Å². The van der Waals surface area contributed by atoms with Crippen LogP contribution in [0, 0.1) is 10.1 Å². The fourth-order valence-corrected chi connectivity index (χ4v) is 5.83. The average Bonchev–Trinajstić information content (AvgIpc) is 3.61. The molecular formula is C25H24ClN7O13S2. The van der Waals surface area contributed by atoms with Crippen LogP contribution >= 0.6 is 22.9 Å². The molecule has 0 unspecified atom stereocenters. The number of nitrogens with one attached hydrogen (secondary N) is 2. The van der Waals surface area contributed by atoms with Gasteiger partial charge >= 0.3 is 16.3 Å². The molecule has 48 heavy (non-hydrogen) atoms. The molecule has 3 heterocycles. The highest BCUT2D eigenvalue weighted by Crippen LogP contribution is 2.31. The SMILES string of the molecule is CC(C)(O/N=C(\C(=O)N[C@@H]1C(=O)N(S(=O)(=O)O)[C@@H]1N1C(=O)CCC1=O)c1csc(NC(=O)CCl)n1)C(=O)OCc1ccc([N+](=O)[O-])cc1. The lowest BCUT2D eigenvalue weighted by molar-refractivity contribution is -0.384. The molecule has 2 aliphatic heterocycles. The van der Waals surface area contributed by atoms with Crippen LogP contribution in [0.2, 0.25) is 0 Å². The number of aromatic nitrogens is 1. The Kier molecular flexibility index (Phi) is 10.4. The van der Waals surface area contributed by atoms with Crippen molar-refractivity contribution in [2.45, 2.75) is 51.1 Å². The smallest absolute Gasteiger partial charge is 0.364 e. The van der Waals surface area contributed by atoms with Gasteiger partial charge in [-0.15, -0.1) is 22.9 Å². The van der Waals surface area contributed by atoms with Crippen LogP contribution in [0.25, 0.3) is 0 Å². The van der Waals surface area contributed by atoms with Crippen LogP contribution in [0.3, 0.4) is 0 Å². The van der Waals surface area contributed by atoms with Gasteiger partial charge in [0.05, 0.1) is 4.92 Å². The third-order valence-electron chi connectivity index (χ3n) is 6.61. The minimum Gasteiger partial charge on any atom is -0.458 e. The number of non-ortho nitro benzene ring substituents is 1. The summed E-state index contributed by atoms with van der Waals surface area (Å²) in [6.07, 6.45) is -2.56. The zero-order valence-electron chi connectivity index (χ0n) is 24.6. The number of hydrogen-bond donors (Lipinski definition) is 3. The van der Waals surface area contributed by atoms with E-state index < -0.39 is 80.1 Å². The van der Waals surface area contributed by atoms with Crippen molar-refractivity contribution in [3.8, 4) is 0 Å². The predicted molar refractivity (Wildman–Crippen MR) is 161 cm³/mol. The minimum atomic E-state index is -5.28. The number of nitrogens with zero attached hydrogens (tertiary/aromatic N) is 5. The summed E-state index contributed by atoms with van der Waals surface area (Å²) in [7, 11) is -5.28. The van der Waals surface area contributed by atoms with Crippen molar-refractivity contribution in [3.05, 3.63) is 51.0 Å². The van der Waals surface area contributed by atoms with E-state index in [1.807, 2.05) is 0 Å². The molecule has 5 amide bonds. The molecule has 0 saturated carbocycles. The maximum atomic E-state index is 13.5. The van der Waals surface area contributed by atoms with Gasteiger partial charge in [0.25, 0.3) is 17.5 Å². The number of amides is 5. The summed E-state index contributed by atoms with van der Waals surface area (Å²) in [6, 6.07) is 3.28. The first-order valence-corrected chi connectivity index (χ1v) is 16.2. The van der Waals surface area contributed by atoms with Gasteiger partial charge in [-0.25, -0.2) is 9.78 Å². The molecule has 0 spiro atoms. The van der Waals surface area contributed by atoms with Crippen molar-refractivity contribution in [2.24, 2.45) is 5.16 Å². The predicted octanol–water partition coefficient (Wildman–Crippen LogP) is 0.0762. The maximum Gasteiger partial charge on any atom is 0.364 e. The molecule has 2 saturated heterocycles. The number of oxime groups is 1. The van der Waals surface area contributed by atoms with Crippen LogP contribution in [0.5, 0.6) is 0 Å². The highest BCUT2D eigenvalue weighted by atomic mass is 35.5. The number of rotatable bonds is 13. The quantitative estimate of drug-likeness (QED) is 0.0360. The molecule has 20 nitrogen and oxygen atoms in total. The van der Waals surface area contributed by atoms with Crippen LogP contribution in [0.1, 0.15) is 37.9 Å². The highest BCUT2D eigenvalue weighted by molar-refractivity contribution is 7.84. The Morgan fingerprint density at radius 1 is 1.19 bits per heavy atom. The monoisotopic (exact) mass is 729 g/mol. The molecule has 4 rings (SSSR count). The van der Waals surface area contributed by atoms with E-state index in [-0.39, 0.29) is 40.3 Å². The molecule has 256 valence electrons. The summed E-state index contributed by atoms with van der Waals surface area (Å²) in [6.45, 7) is 2.12. The zero-order chi connectivity index (χ0) is 35.6. The molecule has 1 aromatic heterocycles. The van der Waals surface area contributed by atoms with Crippen molar-refractivity contribution >= 4 is 85.3 Å². The van der Waals surface area contributed by atoms with E-state index in [2.05, 4.69) is 20.8 Å². The van der Waals surface area contributed by atoms with E-state index in [0.717, 1.165) is 11.3 Å². The number of carbonyl (C=O) groups is 6. The van der Waals surface area contributed by atoms with E-state index >= 15 is 0 Å². The average molecular weight is 730 g/mol. The molecule has 0 radical (unpaired) electrons. The number of nitro benzene ring substituents is 1. The molecular weight excluding hydrogens is 706 g/mol. The fourth-order valence-electron chi connectivity index (χ4n) is 4.22. The van der Waals surface area contributed by atoms with Crippen LogP contribution in [-0.2, 0) is 55.3 Å². The molecule has 1 aromatic carbocycles. The summed E-state index contributed by atoms with van der Waals surface area (Å²) in [5.41, 5.74) is -2.68. The molecule has 3 N–H and O–H groups in total. The van der Waals surface area contributed by atoms with E-state index in [4.69, 9.17) is 21.2 Å². The summed E-state index contributed by atoms with van der Waals surface area (Å²) < 4.78 is 38.4. The third kappa shape index (κ3) is 7.73. The first-order chi connectivity index (χ1) is 22.4. The third-order valence-corrected chi connectivity index (χ3v) is 8.51. The summed E-state index contributed by atoms with van der Waals surface area (Å²) >= 11 is 6.31. The Bertz CT molecular complexity index is 1810. The van der Waals surface area contributed by atoms with Crippen molar-refractivity contribution in [1.82, 2.24) is 19.5 Å². The van der Waals surface area contributed by atoms with Gasteiger partial charge in [0.1, 0.15) is 18.2 Å². The molecule has 2 aliphatic rings. The van der Waals surface area contributed by atoms with Crippen LogP contribution in [0.15, 0.2) is 34.8 Å². The van der Waals surface area contributed by atoms with E-state index in [1.54, 1.807) is 0 Å². The number of likely N-dealkylation sites (tertiary alicyclic amines) is 1. The first kappa shape index (κ1) is 35.8. The number of anilines is 1. The van der Waals surface area contributed by atoms with Gasteiger partial charge in [-0.3, -0.25) is 43.5 Å². The minimum absolute atomic E-state index is 0.0543. The van der Waals surface area contributed by atoms with Crippen LogP contribution in [-0.4, -0.2) is 97.0 Å². The molecule has 0 aliphatic carbocycles. The Balaban J connectivity index is 1.59. The second-order valence-corrected chi connectivity index (χ2v) is 12.8. The number of ether oxygens (including phenoxy) is 1. The lowest BCUT2D eigenvalue weighted by atomic mass is 10.0. The second kappa shape index (κ2) is 14.0. The normalized spacial score (nSPS) is 18.3.